The van der Waals surface area contributed by atoms with E-state index in [4.69, 9.17) is 4.74 Å². The van der Waals surface area contributed by atoms with E-state index >= 15 is 0 Å². The summed E-state index contributed by atoms with van der Waals surface area (Å²) in [4.78, 5) is 21.0. The summed E-state index contributed by atoms with van der Waals surface area (Å²) in [6.07, 6.45) is 5.23. The van der Waals surface area contributed by atoms with Crippen molar-refractivity contribution < 1.29 is 9.53 Å². The summed E-state index contributed by atoms with van der Waals surface area (Å²) in [5.41, 5.74) is 2.02. The monoisotopic (exact) mass is 456 g/mol. The van der Waals surface area contributed by atoms with Crippen LogP contribution in [-0.2, 0) is 16.1 Å². The van der Waals surface area contributed by atoms with Gasteiger partial charge in [0.15, 0.2) is 0 Å². The highest BCUT2D eigenvalue weighted by molar-refractivity contribution is 9.10. The fourth-order valence-electron chi connectivity index (χ4n) is 2.63. The summed E-state index contributed by atoms with van der Waals surface area (Å²) >= 11 is 5.11. The Morgan fingerprint density at radius 2 is 2.00 bits per heavy atom. The third kappa shape index (κ3) is 5.86. The van der Waals surface area contributed by atoms with E-state index in [1.807, 2.05) is 42.5 Å². The molecule has 1 amide bonds. The number of hydrogen-bond donors (Lipinski definition) is 0. The Hall–Kier alpha value is -2.28. The molecule has 0 aliphatic heterocycles. The van der Waals surface area contributed by atoms with Crippen LogP contribution in [0.25, 0.3) is 16.5 Å². The van der Waals surface area contributed by atoms with Crippen LogP contribution in [0.1, 0.15) is 10.6 Å². The van der Waals surface area contributed by atoms with Gasteiger partial charge in [-0.15, -0.1) is 11.3 Å². The van der Waals surface area contributed by atoms with Gasteiger partial charge in [-0.2, -0.15) is 0 Å². The highest BCUT2D eigenvalue weighted by Crippen LogP contribution is 2.29. The minimum atomic E-state index is -0.0544. The van der Waals surface area contributed by atoms with Crippen molar-refractivity contribution in [2.45, 2.75) is 6.54 Å². The van der Waals surface area contributed by atoms with Crippen LogP contribution in [-0.4, -0.2) is 36.1 Å². The van der Waals surface area contributed by atoms with E-state index in [0.717, 1.165) is 20.6 Å². The maximum absolute atomic E-state index is 12.7. The summed E-state index contributed by atoms with van der Waals surface area (Å²) in [5, 5.41) is 0. The Labute approximate surface area is 177 Å². The molecule has 4 nitrogen and oxygen atoms in total. The van der Waals surface area contributed by atoms with E-state index in [2.05, 4.69) is 39.1 Å². The van der Waals surface area contributed by atoms with Gasteiger partial charge in [0.05, 0.1) is 18.8 Å². The van der Waals surface area contributed by atoms with Crippen LogP contribution in [0.15, 0.2) is 71.3 Å². The number of halogens is 1. The van der Waals surface area contributed by atoms with Crippen LogP contribution in [0.4, 0.5) is 0 Å². The molecular weight excluding hydrogens is 436 g/mol. The van der Waals surface area contributed by atoms with E-state index in [9.17, 15) is 4.79 Å². The van der Waals surface area contributed by atoms with Gasteiger partial charge < -0.3 is 9.64 Å². The van der Waals surface area contributed by atoms with E-state index in [-0.39, 0.29) is 5.91 Å². The lowest BCUT2D eigenvalue weighted by Crippen LogP contribution is -2.32. The number of aromatic nitrogens is 1. The highest BCUT2D eigenvalue weighted by Gasteiger charge is 2.12. The van der Waals surface area contributed by atoms with E-state index in [1.165, 1.54) is 4.88 Å². The molecule has 0 spiro atoms. The van der Waals surface area contributed by atoms with Crippen LogP contribution in [0.5, 0.6) is 0 Å². The van der Waals surface area contributed by atoms with Gasteiger partial charge in [-0.05, 0) is 48.0 Å². The number of carbonyl (C=O) groups is 1. The van der Waals surface area contributed by atoms with Crippen molar-refractivity contribution in [2.24, 2.45) is 0 Å². The Morgan fingerprint density at radius 1 is 1.18 bits per heavy atom. The van der Waals surface area contributed by atoms with Crippen molar-refractivity contribution in [1.82, 2.24) is 9.88 Å². The molecule has 2 aromatic heterocycles. The molecule has 0 aliphatic carbocycles. The number of thiophene rings is 1. The molecule has 0 saturated heterocycles. The van der Waals surface area contributed by atoms with Gasteiger partial charge in [0.2, 0.25) is 5.91 Å². The Bertz CT molecular complexity index is 923. The number of amides is 1. The van der Waals surface area contributed by atoms with E-state index in [0.29, 0.717) is 19.7 Å². The highest BCUT2D eigenvalue weighted by atomic mass is 79.9. The lowest BCUT2D eigenvalue weighted by atomic mass is 10.2. The normalized spacial score (nSPS) is 11.1. The summed E-state index contributed by atoms with van der Waals surface area (Å²) in [6, 6.07) is 18.0. The molecule has 0 saturated carbocycles. The number of benzene rings is 1. The number of pyridine rings is 1. The number of nitrogens with zero attached hydrogens (tertiary/aromatic N) is 2. The fraction of sp³-hybridized carbons (Fsp3) is 0.182. The smallest absolute Gasteiger partial charge is 0.247 e. The van der Waals surface area contributed by atoms with Crippen molar-refractivity contribution in [3.8, 4) is 10.4 Å². The zero-order chi connectivity index (χ0) is 19.8. The summed E-state index contributed by atoms with van der Waals surface area (Å²) in [6.45, 7) is 1.46. The average Bonchev–Trinajstić information content (AvgIpc) is 3.19. The molecule has 144 valence electrons. The second-order valence-corrected chi connectivity index (χ2v) is 8.15. The second kappa shape index (κ2) is 10.3. The molecular formula is C22H21BrN2O2S. The van der Waals surface area contributed by atoms with Gasteiger partial charge in [-0.25, -0.2) is 0 Å². The zero-order valence-electron chi connectivity index (χ0n) is 15.5. The van der Waals surface area contributed by atoms with E-state index in [1.54, 1.807) is 35.6 Å². The number of rotatable bonds is 8. The average molecular weight is 457 g/mol. The van der Waals surface area contributed by atoms with Gasteiger partial charge in [-0.3, -0.25) is 9.78 Å². The first kappa shape index (κ1) is 20.5. The Kier molecular flexibility index (Phi) is 7.54. The molecule has 0 fully saturated rings. The largest absolute Gasteiger partial charge is 0.383 e. The first-order valence-corrected chi connectivity index (χ1v) is 10.5. The van der Waals surface area contributed by atoms with Gasteiger partial charge in [-0.1, -0.05) is 34.1 Å². The molecule has 0 atom stereocenters. The quantitative estimate of drug-likeness (QED) is 0.434. The predicted molar refractivity (Wildman–Crippen MR) is 118 cm³/mol. The molecule has 28 heavy (non-hydrogen) atoms. The van der Waals surface area contributed by atoms with Crippen LogP contribution >= 0.6 is 27.3 Å². The van der Waals surface area contributed by atoms with Gasteiger partial charge in [0, 0.05) is 40.2 Å². The Morgan fingerprint density at radius 3 is 2.71 bits per heavy atom. The minimum absolute atomic E-state index is 0.0544. The number of carbonyl (C=O) groups excluding carboxylic acids is 1. The molecule has 0 unspecified atom stereocenters. The van der Waals surface area contributed by atoms with Gasteiger partial charge >= 0.3 is 0 Å². The second-order valence-electron chi connectivity index (χ2n) is 6.12. The first-order valence-electron chi connectivity index (χ1n) is 8.87. The molecule has 6 heteroatoms. The van der Waals surface area contributed by atoms with Crippen molar-refractivity contribution >= 4 is 39.2 Å². The maximum Gasteiger partial charge on any atom is 0.247 e. The van der Waals surface area contributed by atoms with Crippen molar-refractivity contribution in [3.63, 3.8) is 0 Å². The molecule has 3 aromatic rings. The van der Waals surface area contributed by atoms with Crippen molar-refractivity contribution in [2.75, 3.05) is 20.3 Å². The number of methoxy groups -OCH3 is 1. The summed E-state index contributed by atoms with van der Waals surface area (Å²) in [5.74, 6) is -0.0544. The number of ether oxygens (including phenoxy) is 1. The molecule has 0 N–H and O–H groups in total. The molecule has 3 rings (SSSR count). The topological polar surface area (TPSA) is 42.4 Å². The lowest BCUT2D eigenvalue weighted by Gasteiger charge is -2.20. The summed E-state index contributed by atoms with van der Waals surface area (Å²) < 4.78 is 6.20. The third-order valence-corrected chi connectivity index (χ3v) is 5.73. The minimum Gasteiger partial charge on any atom is -0.383 e. The molecule has 0 bridgehead atoms. The van der Waals surface area contributed by atoms with Crippen LogP contribution < -0.4 is 0 Å². The Balaban J connectivity index is 1.68. The zero-order valence-corrected chi connectivity index (χ0v) is 17.9. The van der Waals surface area contributed by atoms with E-state index < -0.39 is 0 Å². The van der Waals surface area contributed by atoms with Crippen LogP contribution in [0.3, 0.4) is 0 Å². The maximum atomic E-state index is 12.7. The molecule has 0 aliphatic rings. The standard InChI is InChI=1S/C22H21BrN2O2S/c1-27-15-14-25(16-19-4-2-3-13-24-19)22(26)12-10-20-9-11-21(28-20)17-5-7-18(23)8-6-17/h2-13H,14-16H2,1H3/b12-10+. The van der Waals surface area contributed by atoms with Crippen molar-refractivity contribution in [3.05, 3.63) is 81.9 Å². The van der Waals surface area contributed by atoms with Gasteiger partial charge in [0.25, 0.3) is 0 Å². The van der Waals surface area contributed by atoms with Crippen molar-refractivity contribution in [1.29, 1.82) is 0 Å². The van der Waals surface area contributed by atoms with Gasteiger partial charge in [0.1, 0.15) is 0 Å². The lowest BCUT2D eigenvalue weighted by molar-refractivity contribution is -0.127. The van der Waals surface area contributed by atoms with Crippen LogP contribution in [0, 0.1) is 0 Å². The fourth-order valence-corrected chi connectivity index (χ4v) is 3.81. The molecule has 0 radical (unpaired) electrons. The first-order chi connectivity index (χ1) is 13.7. The third-order valence-electron chi connectivity index (χ3n) is 4.10. The summed E-state index contributed by atoms with van der Waals surface area (Å²) in [7, 11) is 1.63. The molecule has 2 heterocycles. The SMILES string of the molecule is COCCN(Cc1ccccn1)C(=O)/C=C/c1ccc(-c2ccc(Br)cc2)s1. The van der Waals surface area contributed by atoms with Crippen LogP contribution in [0.2, 0.25) is 0 Å². The molecule has 1 aromatic carbocycles. The predicted octanol–water partition coefficient (Wildman–Crippen LogP) is 5.26. The number of hydrogen-bond acceptors (Lipinski definition) is 4.